The molecule has 0 aromatic heterocycles. The number of aliphatic imine (C=N–C) groups is 1. The first kappa shape index (κ1) is 17.6. The van der Waals surface area contributed by atoms with Crippen LogP contribution in [0, 0.1) is 0 Å². The number of aliphatic carboxylic acids is 1. The molecule has 4 N–H and O–H groups in total. The van der Waals surface area contributed by atoms with Gasteiger partial charge in [0.05, 0.1) is 13.0 Å². The van der Waals surface area contributed by atoms with Crippen LogP contribution >= 0.6 is 0 Å². The summed E-state index contributed by atoms with van der Waals surface area (Å²) >= 11 is 0. The number of hydrogen-bond acceptors (Lipinski definition) is 6. The van der Waals surface area contributed by atoms with Crippen molar-refractivity contribution < 1.29 is 19.4 Å². The Labute approximate surface area is 140 Å². The van der Waals surface area contributed by atoms with Gasteiger partial charge in [0, 0.05) is 25.2 Å². The number of nitrogens with zero attached hydrogens (tertiary/aromatic N) is 1. The van der Waals surface area contributed by atoms with Gasteiger partial charge in [-0.1, -0.05) is 0 Å². The third-order valence-corrected chi connectivity index (χ3v) is 3.30. The van der Waals surface area contributed by atoms with E-state index in [0.717, 1.165) is 25.5 Å². The number of guanidine groups is 1. The molecular weight excluding hydrogens is 312 g/mol. The van der Waals surface area contributed by atoms with E-state index >= 15 is 0 Å². The highest BCUT2D eigenvalue weighted by atomic mass is 16.5. The Kier molecular flexibility index (Phi) is 6.88. The van der Waals surface area contributed by atoms with E-state index in [0.29, 0.717) is 24.5 Å². The number of benzene rings is 1. The lowest BCUT2D eigenvalue weighted by atomic mass is 10.2. The van der Waals surface area contributed by atoms with Crippen LogP contribution in [0.25, 0.3) is 0 Å². The molecule has 0 bridgehead atoms. The standard InChI is InChI=1S/C16H22N4O4/c21-14(22)6-9-17-15(23)12-2-4-13(5-3-12)24-11-10-20-16-18-7-1-8-19-16/h2-5H,1,6-11H2,(H,17,23)(H,21,22)(H2,18,19,20). The van der Waals surface area contributed by atoms with E-state index in [1.54, 1.807) is 24.3 Å². The summed E-state index contributed by atoms with van der Waals surface area (Å²) in [6.45, 7) is 2.99. The predicted octanol–water partition coefficient (Wildman–Crippen LogP) is 0.209. The lowest BCUT2D eigenvalue weighted by Gasteiger charge is -2.16. The molecule has 0 unspecified atom stereocenters. The summed E-state index contributed by atoms with van der Waals surface area (Å²) in [5.74, 6) is 0.226. The SMILES string of the molecule is O=C(O)CCNC(=O)c1ccc(OCCNC2=NCCCN2)cc1. The average Bonchev–Trinajstić information content (AvgIpc) is 2.60. The quantitative estimate of drug-likeness (QED) is 0.506. The Morgan fingerprint density at radius 2 is 2.04 bits per heavy atom. The van der Waals surface area contributed by atoms with E-state index in [1.165, 1.54) is 0 Å². The summed E-state index contributed by atoms with van der Waals surface area (Å²) in [6.07, 6.45) is 0.956. The molecule has 0 saturated carbocycles. The van der Waals surface area contributed by atoms with Crippen LogP contribution in [0.2, 0.25) is 0 Å². The van der Waals surface area contributed by atoms with Crippen molar-refractivity contribution in [2.75, 3.05) is 32.8 Å². The highest BCUT2D eigenvalue weighted by molar-refractivity contribution is 5.94. The zero-order chi connectivity index (χ0) is 17.2. The third-order valence-electron chi connectivity index (χ3n) is 3.30. The Bertz CT molecular complexity index is 586. The van der Waals surface area contributed by atoms with Crippen molar-refractivity contribution in [1.29, 1.82) is 0 Å². The first-order chi connectivity index (χ1) is 11.6. The summed E-state index contributed by atoms with van der Waals surface area (Å²) < 4.78 is 5.59. The van der Waals surface area contributed by atoms with Gasteiger partial charge in [0.2, 0.25) is 0 Å². The fourth-order valence-corrected chi connectivity index (χ4v) is 2.08. The molecule has 2 rings (SSSR count). The van der Waals surface area contributed by atoms with Crippen LogP contribution in [0.5, 0.6) is 5.75 Å². The van der Waals surface area contributed by atoms with Gasteiger partial charge in [0.15, 0.2) is 5.96 Å². The second kappa shape index (κ2) is 9.39. The maximum Gasteiger partial charge on any atom is 0.305 e. The minimum Gasteiger partial charge on any atom is -0.492 e. The molecule has 1 aromatic rings. The van der Waals surface area contributed by atoms with E-state index in [9.17, 15) is 9.59 Å². The molecule has 1 heterocycles. The zero-order valence-electron chi connectivity index (χ0n) is 13.4. The van der Waals surface area contributed by atoms with Gasteiger partial charge in [-0.2, -0.15) is 0 Å². The largest absolute Gasteiger partial charge is 0.492 e. The Hall–Kier alpha value is -2.77. The molecule has 130 valence electrons. The van der Waals surface area contributed by atoms with Crippen molar-refractivity contribution in [2.45, 2.75) is 12.8 Å². The zero-order valence-corrected chi connectivity index (χ0v) is 13.4. The first-order valence-corrected chi connectivity index (χ1v) is 7.90. The molecule has 1 amide bonds. The number of rotatable bonds is 8. The Morgan fingerprint density at radius 3 is 2.71 bits per heavy atom. The lowest BCUT2D eigenvalue weighted by molar-refractivity contribution is -0.136. The van der Waals surface area contributed by atoms with Gasteiger partial charge in [0.25, 0.3) is 5.91 Å². The van der Waals surface area contributed by atoms with Crippen molar-refractivity contribution in [3.63, 3.8) is 0 Å². The van der Waals surface area contributed by atoms with Crippen molar-refractivity contribution in [3.8, 4) is 5.75 Å². The smallest absolute Gasteiger partial charge is 0.305 e. The van der Waals surface area contributed by atoms with Crippen LogP contribution in [-0.4, -0.2) is 55.7 Å². The Morgan fingerprint density at radius 1 is 1.25 bits per heavy atom. The molecule has 0 atom stereocenters. The van der Waals surface area contributed by atoms with E-state index < -0.39 is 5.97 Å². The van der Waals surface area contributed by atoms with Crippen LogP contribution < -0.4 is 20.7 Å². The molecule has 1 aliphatic rings. The highest BCUT2D eigenvalue weighted by Gasteiger charge is 2.06. The number of carboxylic acids is 1. The Balaban J connectivity index is 1.68. The van der Waals surface area contributed by atoms with E-state index in [1.807, 2.05) is 0 Å². The van der Waals surface area contributed by atoms with Crippen molar-refractivity contribution >= 4 is 17.8 Å². The van der Waals surface area contributed by atoms with Gasteiger partial charge < -0.3 is 25.8 Å². The minimum atomic E-state index is -0.943. The fraction of sp³-hybridized carbons (Fsp3) is 0.438. The molecule has 24 heavy (non-hydrogen) atoms. The van der Waals surface area contributed by atoms with Gasteiger partial charge in [-0.15, -0.1) is 0 Å². The first-order valence-electron chi connectivity index (χ1n) is 7.90. The molecule has 8 nitrogen and oxygen atoms in total. The van der Waals surface area contributed by atoms with Crippen molar-refractivity contribution in [2.24, 2.45) is 4.99 Å². The van der Waals surface area contributed by atoms with Crippen LogP contribution in [0.15, 0.2) is 29.3 Å². The van der Waals surface area contributed by atoms with Crippen LogP contribution in [-0.2, 0) is 4.79 Å². The molecule has 0 aliphatic carbocycles. The van der Waals surface area contributed by atoms with E-state index in [-0.39, 0.29) is 18.9 Å². The summed E-state index contributed by atoms with van der Waals surface area (Å²) in [5.41, 5.74) is 0.464. The van der Waals surface area contributed by atoms with Gasteiger partial charge >= 0.3 is 5.97 Å². The second-order valence-corrected chi connectivity index (χ2v) is 5.21. The fourth-order valence-electron chi connectivity index (χ4n) is 2.08. The monoisotopic (exact) mass is 334 g/mol. The third kappa shape index (κ3) is 6.15. The maximum absolute atomic E-state index is 11.8. The van der Waals surface area contributed by atoms with E-state index in [4.69, 9.17) is 9.84 Å². The summed E-state index contributed by atoms with van der Waals surface area (Å²) in [5, 5.41) is 17.4. The molecule has 1 aliphatic heterocycles. The summed E-state index contributed by atoms with van der Waals surface area (Å²) in [7, 11) is 0. The molecule has 8 heteroatoms. The van der Waals surface area contributed by atoms with Gasteiger partial charge in [-0.05, 0) is 30.7 Å². The lowest BCUT2D eigenvalue weighted by Crippen LogP contribution is -2.42. The van der Waals surface area contributed by atoms with Crippen LogP contribution in [0.3, 0.4) is 0 Å². The van der Waals surface area contributed by atoms with Crippen molar-refractivity contribution in [3.05, 3.63) is 29.8 Å². The molecule has 0 spiro atoms. The van der Waals surface area contributed by atoms with Crippen LogP contribution in [0.1, 0.15) is 23.2 Å². The number of carboxylic acid groups (broad SMARTS) is 1. The molecular formula is C16H22N4O4. The van der Waals surface area contributed by atoms with E-state index in [2.05, 4.69) is 20.9 Å². The number of carbonyl (C=O) groups is 2. The summed E-state index contributed by atoms with van der Waals surface area (Å²) in [4.78, 5) is 26.5. The molecule has 0 saturated heterocycles. The molecule has 1 aromatic carbocycles. The number of amides is 1. The van der Waals surface area contributed by atoms with Gasteiger partial charge in [-0.3, -0.25) is 14.6 Å². The molecule has 0 fully saturated rings. The molecule has 0 radical (unpaired) electrons. The predicted molar refractivity (Wildman–Crippen MR) is 89.4 cm³/mol. The number of carbonyl (C=O) groups excluding carboxylic acids is 1. The number of nitrogens with one attached hydrogen (secondary N) is 3. The van der Waals surface area contributed by atoms with Crippen LogP contribution in [0.4, 0.5) is 0 Å². The van der Waals surface area contributed by atoms with Gasteiger partial charge in [0.1, 0.15) is 12.4 Å². The summed E-state index contributed by atoms with van der Waals surface area (Å²) in [6, 6.07) is 6.71. The highest BCUT2D eigenvalue weighted by Crippen LogP contribution is 2.11. The second-order valence-electron chi connectivity index (χ2n) is 5.21. The maximum atomic E-state index is 11.8. The topological polar surface area (TPSA) is 112 Å². The normalized spacial score (nSPS) is 13.4. The van der Waals surface area contributed by atoms with Crippen molar-refractivity contribution in [1.82, 2.24) is 16.0 Å². The number of ether oxygens (including phenoxy) is 1. The minimum absolute atomic E-state index is 0.0971. The number of hydrogen-bond donors (Lipinski definition) is 4. The average molecular weight is 334 g/mol. The van der Waals surface area contributed by atoms with Gasteiger partial charge in [-0.25, -0.2) is 0 Å².